The Bertz CT molecular complexity index is 1620. The third-order valence-corrected chi connectivity index (χ3v) is 20.0. The van der Waals surface area contributed by atoms with Crippen LogP contribution in [0.25, 0.3) is 0 Å². The molecule has 0 aliphatic rings. The monoisotopic (exact) mass is 1330 g/mol. The molecule has 2 unspecified atom stereocenters. The summed E-state index contributed by atoms with van der Waals surface area (Å²) in [6.07, 6.45) is 102. The van der Waals surface area contributed by atoms with Crippen molar-refractivity contribution in [3.8, 4) is 0 Å². The number of hydrogen-bond donors (Lipinski definition) is 2. The molecule has 93 heavy (non-hydrogen) atoms. The number of carbonyl (C=O) groups excluding carboxylic acids is 2. The first-order chi connectivity index (χ1) is 45.8. The maximum Gasteiger partial charge on any atom is 0.472 e. The van der Waals surface area contributed by atoms with Crippen LogP contribution in [0.4, 0.5) is 0 Å². The summed E-state index contributed by atoms with van der Waals surface area (Å²) in [5.74, 6) is -0.802. The van der Waals surface area contributed by atoms with Crippen molar-refractivity contribution in [1.82, 2.24) is 0 Å². The Morgan fingerprint density at radius 3 is 0.828 bits per heavy atom. The fourth-order valence-corrected chi connectivity index (χ4v) is 13.7. The minimum Gasteiger partial charge on any atom is -0.462 e. The molecule has 2 atom stereocenters. The van der Waals surface area contributed by atoms with Crippen LogP contribution in [0, 0.1) is 0 Å². The number of carbonyl (C=O) groups is 2. The van der Waals surface area contributed by atoms with Crippen molar-refractivity contribution in [3.05, 3.63) is 36.5 Å². The molecule has 0 spiro atoms. The first kappa shape index (κ1) is 91.2. The van der Waals surface area contributed by atoms with Gasteiger partial charge in [0.05, 0.1) is 13.2 Å². The number of nitrogens with two attached hydrogens (primary N) is 1. The fourth-order valence-electron chi connectivity index (χ4n) is 12.9. The number of ether oxygens (including phenoxy) is 2. The van der Waals surface area contributed by atoms with Crippen LogP contribution >= 0.6 is 7.82 Å². The number of phosphoric ester groups is 1. The van der Waals surface area contributed by atoms with Gasteiger partial charge < -0.3 is 20.1 Å². The average Bonchev–Trinajstić information content (AvgIpc) is 3.70. The molecule has 0 aromatic rings. The average molecular weight is 1330 g/mol. The zero-order valence-corrected chi connectivity index (χ0v) is 63.2. The summed E-state index contributed by atoms with van der Waals surface area (Å²) in [4.78, 5) is 35.5. The van der Waals surface area contributed by atoms with Crippen LogP contribution in [0.2, 0.25) is 0 Å². The summed E-state index contributed by atoms with van der Waals surface area (Å²) in [6.45, 7) is 3.82. The van der Waals surface area contributed by atoms with Crippen molar-refractivity contribution in [3.63, 3.8) is 0 Å². The lowest BCUT2D eigenvalue weighted by atomic mass is 10.0. The molecule has 550 valence electrons. The summed E-state index contributed by atoms with van der Waals surface area (Å²) in [6, 6.07) is 0. The lowest BCUT2D eigenvalue weighted by Crippen LogP contribution is -2.29. The first-order valence-corrected chi connectivity index (χ1v) is 43.0. The van der Waals surface area contributed by atoms with Crippen LogP contribution in [0.3, 0.4) is 0 Å². The topological polar surface area (TPSA) is 134 Å². The summed E-state index contributed by atoms with van der Waals surface area (Å²) in [7, 11) is -4.39. The smallest absolute Gasteiger partial charge is 0.462 e. The van der Waals surface area contributed by atoms with E-state index in [-0.39, 0.29) is 38.6 Å². The molecule has 0 fully saturated rings. The second-order valence-electron chi connectivity index (χ2n) is 28.4. The highest BCUT2D eigenvalue weighted by atomic mass is 31.2. The predicted molar refractivity (Wildman–Crippen MR) is 404 cm³/mol. The van der Waals surface area contributed by atoms with Crippen molar-refractivity contribution in [2.45, 2.75) is 457 Å². The Balaban J connectivity index is 3.72. The van der Waals surface area contributed by atoms with Gasteiger partial charge in [0.2, 0.25) is 0 Å². The number of allylic oxidation sites excluding steroid dienone is 6. The van der Waals surface area contributed by atoms with E-state index in [2.05, 4.69) is 50.3 Å². The number of phosphoric acid groups is 1. The number of rotatable bonds is 80. The molecule has 0 rings (SSSR count). The van der Waals surface area contributed by atoms with Crippen molar-refractivity contribution in [1.29, 1.82) is 0 Å². The van der Waals surface area contributed by atoms with Gasteiger partial charge >= 0.3 is 19.8 Å². The van der Waals surface area contributed by atoms with E-state index in [1.165, 1.54) is 372 Å². The maximum atomic E-state index is 12.8. The van der Waals surface area contributed by atoms with Crippen molar-refractivity contribution in [2.75, 3.05) is 26.4 Å². The molecule has 0 aromatic heterocycles. The van der Waals surface area contributed by atoms with Gasteiger partial charge in [-0.3, -0.25) is 18.6 Å². The molecule has 0 saturated carbocycles. The van der Waals surface area contributed by atoms with Gasteiger partial charge in [-0.15, -0.1) is 0 Å². The molecule has 0 heterocycles. The van der Waals surface area contributed by atoms with Crippen LogP contribution in [-0.2, 0) is 32.7 Å². The first-order valence-electron chi connectivity index (χ1n) is 41.5. The van der Waals surface area contributed by atoms with Gasteiger partial charge in [-0.25, -0.2) is 4.57 Å². The minimum atomic E-state index is -4.39. The zero-order valence-electron chi connectivity index (χ0n) is 62.3. The van der Waals surface area contributed by atoms with Crippen molar-refractivity contribution < 1.29 is 37.6 Å². The normalized spacial score (nSPS) is 12.9. The van der Waals surface area contributed by atoms with E-state index in [0.29, 0.717) is 6.42 Å². The predicted octanol–water partition coefficient (Wildman–Crippen LogP) is 27.8. The lowest BCUT2D eigenvalue weighted by molar-refractivity contribution is -0.161. The standard InChI is InChI=1S/C83H160NO8P/c1-3-5-7-9-11-13-15-17-19-21-23-25-27-29-31-33-35-36-37-38-39-40-41-42-43-44-46-47-49-51-53-55-57-59-61-63-65-67-69-71-73-75-82(85)89-79-81(80-91-93(87,88)90-78-77-84)92-83(86)76-74-72-70-68-66-64-62-60-58-56-54-52-50-48-45-34-32-30-28-26-24-22-20-18-16-14-12-10-8-6-4-2/h16,18,22,24,28,30,81H,3-15,17,19-21,23,25-27,29,31-80,84H2,1-2H3,(H,87,88)/b18-16-,24-22-,30-28-. The van der Waals surface area contributed by atoms with Crippen molar-refractivity contribution in [2.24, 2.45) is 5.73 Å². The van der Waals surface area contributed by atoms with Gasteiger partial charge in [-0.2, -0.15) is 0 Å². The third-order valence-electron chi connectivity index (χ3n) is 19.0. The summed E-state index contributed by atoms with van der Waals surface area (Å²) in [5.41, 5.74) is 5.42. The van der Waals surface area contributed by atoms with Gasteiger partial charge in [0.25, 0.3) is 0 Å². The highest BCUT2D eigenvalue weighted by Gasteiger charge is 2.26. The summed E-state index contributed by atoms with van der Waals surface area (Å²) >= 11 is 0. The van der Waals surface area contributed by atoms with E-state index in [4.69, 9.17) is 24.3 Å². The molecule has 0 aliphatic carbocycles. The molecular weight excluding hydrogens is 1170 g/mol. The highest BCUT2D eigenvalue weighted by molar-refractivity contribution is 7.47. The van der Waals surface area contributed by atoms with E-state index in [1.54, 1.807) is 0 Å². The molecular formula is C83H160NO8P. The summed E-state index contributed by atoms with van der Waals surface area (Å²) < 4.78 is 33.3. The van der Waals surface area contributed by atoms with E-state index >= 15 is 0 Å². The van der Waals surface area contributed by atoms with Gasteiger partial charge in [0.15, 0.2) is 6.10 Å². The van der Waals surface area contributed by atoms with Crippen LogP contribution in [-0.4, -0.2) is 49.3 Å². The maximum absolute atomic E-state index is 12.8. The second kappa shape index (κ2) is 79.2. The lowest BCUT2D eigenvalue weighted by Gasteiger charge is -2.19. The zero-order chi connectivity index (χ0) is 67.2. The highest BCUT2D eigenvalue weighted by Crippen LogP contribution is 2.43. The molecule has 0 amide bonds. The molecule has 10 heteroatoms. The minimum absolute atomic E-state index is 0.0559. The van der Waals surface area contributed by atoms with Crippen LogP contribution < -0.4 is 5.73 Å². The third kappa shape index (κ3) is 79.1. The van der Waals surface area contributed by atoms with Gasteiger partial charge in [0.1, 0.15) is 6.61 Å². The second-order valence-corrected chi connectivity index (χ2v) is 29.8. The van der Waals surface area contributed by atoms with Gasteiger partial charge in [-0.05, 0) is 51.4 Å². The van der Waals surface area contributed by atoms with Gasteiger partial charge in [-0.1, -0.05) is 423 Å². The largest absolute Gasteiger partial charge is 0.472 e. The molecule has 0 saturated heterocycles. The van der Waals surface area contributed by atoms with Gasteiger partial charge in [0, 0.05) is 19.4 Å². The molecule has 3 N–H and O–H groups in total. The Morgan fingerprint density at radius 2 is 0.559 bits per heavy atom. The van der Waals surface area contributed by atoms with E-state index in [0.717, 1.165) is 44.9 Å². The molecule has 0 radical (unpaired) electrons. The molecule has 9 nitrogen and oxygen atoms in total. The fraction of sp³-hybridized carbons (Fsp3) is 0.904. The number of hydrogen-bond acceptors (Lipinski definition) is 8. The van der Waals surface area contributed by atoms with Crippen molar-refractivity contribution >= 4 is 19.8 Å². The molecule has 0 bridgehead atoms. The Labute approximate surface area is 579 Å². The van der Waals surface area contributed by atoms with Crippen LogP contribution in [0.15, 0.2) is 36.5 Å². The SMILES string of the molecule is CCCCCCC/C=C\C/C=C\C/C=C\CCCCCCCCCCCCCCCCCCC(=O)OC(COC(=O)CCCCCCCCCCCCCCCCCCCCCCCCCCCCCCCCCCCCCCCCCCC)COP(=O)(O)OCCN. The molecule has 0 aromatic carbocycles. The van der Waals surface area contributed by atoms with Crippen LogP contribution in [0.5, 0.6) is 0 Å². The van der Waals surface area contributed by atoms with E-state index in [9.17, 15) is 19.0 Å². The van der Waals surface area contributed by atoms with E-state index in [1.807, 2.05) is 0 Å². The Kier molecular flexibility index (Phi) is 77.7. The number of unbranched alkanes of at least 4 members (excludes halogenated alkanes) is 61. The quantitative estimate of drug-likeness (QED) is 0.0264. The number of esters is 2. The Morgan fingerprint density at radius 1 is 0.323 bits per heavy atom. The van der Waals surface area contributed by atoms with E-state index < -0.39 is 26.5 Å². The van der Waals surface area contributed by atoms with Crippen LogP contribution in [0.1, 0.15) is 450 Å². The Hall–Kier alpha value is -1.77. The molecule has 0 aliphatic heterocycles. The summed E-state index contributed by atoms with van der Waals surface area (Å²) in [5, 5.41) is 0.